The number of methoxy groups -OCH3 is 2. The highest BCUT2D eigenvalue weighted by Gasteiger charge is 2.34. The summed E-state index contributed by atoms with van der Waals surface area (Å²) in [7, 11) is 3.09. The molecule has 2 amide bonds. The van der Waals surface area contributed by atoms with E-state index in [2.05, 4.69) is 26.0 Å². The van der Waals surface area contributed by atoms with E-state index >= 15 is 0 Å². The highest BCUT2D eigenvalue weighted by atomic mass is 16.5. The number of tetrazole rings is 1. The van der Waals surface area contributed by atoms with Crippen molar-refractivity contribution in [3.05, 3.63) is 65.4 Å². The first kappa shape index (κ1) is 22.8. The van der Waals surface area contributed by atoms with Crippen LogP contribution in [0.15, 0.2) is 59.8 Å². The molecule has 1 aliphatic rings. The number of urea groups is 1. The second-order valence-corrected chi connectivity index (χ2v) is 7.27. The van der Waals surface area contributed by atoms with Gasteiger partial charge in [-0.1, -0.05) is 30.3 Å². The van der Waals surface area contributed by atoms with Crippen LogP contribution in [0.1, 0.15) is 18.5 Å². The maximum absolute atomic E-state index is 12.9. The molecule has 0 unspecified atom stereocenters. The zero-order chi connectivity index (χ0) is 24.1. The predicted octanol–water partition coefficient (Wildman–Crippen LogP) is 2.23. The third-order valence-corrected chi connectivity index (χ3v) is 5.18. The van der Waals surface area contributed by atoms with Gasteiger partial charge in [-0.05, 0) is 35.9 Å². The van der Waals surface area contributed by atoms with Crippen LogP contribution in [0, 0.1) is 0 Å². The number of carbonyl (C=O) groups is 2. The molecule has 0 aliphatic carbocycles. The van der Waals surface area contributed by atoms with Crippen LogP contribution in [-0.4, -0.2) is 53.0 Å². The smallest absolute Gasteiger partial charge is 0.338 e. The summed E-state index contributed by atoms with van der Waals surface area (Å²) in [6, 6.07) is 13.3. The third-order valence-electron chi connectivity index (χ3n) is 5.18. The molecule has 1 atom stereocenters. The van der Waals surface area contributed by atoms with Crippen molar-refractivity contribution in [2.24, 2.45) is 0 Å². The fourth-order valence-electron chi connectivity index (χ4n) is 3.63. The van der Waals surface area contributed by atoms with Gasteiger partial charge in [0.15, 0.2) is 11.5 Å². The number of esters is 1. The second kappa shape index (κ2) is 10.0. The average Bonchev–Trinajstić information content (AvgIpc) is 3.32. The number of allylic oxidation sites excluding steroid dienone is 1. The van der Waals surface area contributed by atoms with Gasteiger partial charge in [0.25, 0.3) is 0 Å². The molecular weight excluding hydrogens is 440 g/mol. The lowest BCUT2D eigenvalue weighted by atomic mass is 9.95. The molecule has 0 saturated carbocycles. The molecule has 0 radical (unpaired) electrons. The number of ether oxygens (including phenoxy) is 3. The lowest BCUT2D eigenvalue weighted by Crippen LogP contribution is -2.47. The number of hydrogen-bond acceptors (Lipinski definition) is 8. The molecule has 1 aliphatic heterocycles. The quantitative estimate of drug-likeness (QED) is 0.486. The summed E-state index contributed by atoms with van der Waals surface area (Å²) in [5, 5.41) is 18.1. The average molecular weight is 464 g/mol. The van der Waals surface area contributed by atoms with Crippen molar-refractivity contribution in [3.8, 4) is 22.9 Å². The van der Waals surface area contributed by atoms with E-state index in [1.54, 1.807) is 32.2 Å². The number of nitrogens with zero attached hydrogens (tertiary/aromatic N) is 4. The summed E-state index contributed by atoms with van der Waals surface area (Å²) in [5.41, 5.74) is 2.01. The predicted molar refractivity (Wildman–Crippen MR) is 121 cm³/mol. The van der Waals surface area contributed by atoms with Crippen LogP contribution >= 0.6 is 0 Å². The van der Waals surface area contributed by atoms with Crippen LogP contribution in [0.3, 0.4) is 0 Å². The summed E-state index contributed by atoms with van der Waals surface area (Å²) < 4.78 is 15.9. The number of aromatic nitrogens is 4. The van der Waals surface area contributed by atoms with Crippen LogP contribution in [-0.2, 0) is 16.1 Å². The van der Waals surface area contributed by atoms with E-state index in [1.807, 2.05) is 30.3 Å². The Morgan fingerprint density at radius 1 is 1.09 bits per heavy atom. The Hall–Kier alpha value is -4.41. The summed E-state index contributed by atoms with van der Waals surface area (Å²) in [6.45, 7) is 1.92. The highest BCUT2D eigenvalue weighted by molar-refractivity contribution is 5.95. The minimum absolute atomic E-state index is 0.00515. The molecule has 34 heavy (non-hydrogen) atoms. The molecule has 0 spiro atoms. The Bertz CT molecular complexity index is 1220. The van der Waals surface area contributed by atoms with E-state index in [9.17, 15) is 9.59 Å². The molecule has 1 aromatic heterocycles. The molecule has 11 heteroatoms. The van der Waals surface area contributed by atoms with Crippen LogP contribution in [0.2, 0.25) is 0 Å². The highest BCUT2D eigenvalue weighted by Crippen LogP contribution is 2.31. The number of rotatable bonds is 8. The van der Waals surface area contributed by atoms with Crippen molar-refractivity contribution in [2.45, 2.75) is 19.5 Å². The monoisotopic (exact) mass is 464 g/mol. The number of amides is 2. The number of benzene rings is 2. The van der Waals surface area contributed by atoms with E-state index in [0.29, 0.717) is 28.6 Å². The third kappa shape index (κ3) is 4.68. The van der Waals surface area contributed by atoms with Crippen LogP contribution in [0.5, 0.6) is 11.5 Å². The Kier molecular flexibility index (Phi) is 6.72. The standard InChI is InChI=1S/C23H24N6O5/c1-4-34-22(30)19-16(24-23(31)25-20(19)14-8-6-5-7-9-14)13-29-27-21(26-28-29)15-10-11-17(32-2)18(12-15)33-3/h5-12,20H,4,13H2,1-3H3,(H2,24,25,31)/t20-/m0/s1. The molecule has 0 bridgehead atoms. The molecule has 2 N–H and O–H groups in total. The van der Waals surface area contributed by atoms with Crippen molar-refractivity contribution in [1.29, 1.82) is 0 Å². The minimum atomic E-state index is -0.683. The molecule has 4 rings (SSSR count). The maximum atomic E-state index is 12.9. The van der Waals surface area contributed by atoms with Crippen LogP contribution in [0.4, 0.5) is 4.79 Å². The Balaban J connectivity index is 1.69. The summed E-state index contributed by atoms with van der Waals surface area (Å²) in [6.07, 6.45) is 0. The molecule has 176 valence electrons. The molecule has 0 saturated heterocycles. The Morgan fingerprint density at radius 2 is 1.85 bits per heavy atom. The van der Waals surface area contributed by atoms with Gasteiger partial charge in [-0.25, -0.2) is 9.59 Å². The zero-order valence-corrected chi connectivity index (χ0v) is 18.9. The van der Waals surface area contributed by atoms with Crippen molar-refractivity contribution in [1.82, 2.24) is 30.8 Å². The number of hydrogen-bond donors (Lipinski definition) is 2. The Morgan fingerprint density at radius 3 is 2.56 bits per heavy atom. The first-order valence-electron chi connectivity index (χ1n) is 10.6. The molecular formula is C23H24N6O5. The van der Waals surface area contributed by atoms with E-state index in [4.69, 9.17) is 14.2 Å². The Labute approximate surface area is 195 Å². The lowest BCUT2D eigenvalue weighted by molar-refractivity contribution is -0.139. The van der Waals surface area contributed by atoms with Crippen molar-refractivity contribution in [2.75, 3.05) is 20.8 Å². The van der Waals surface area contributed by atoms with Gasteiger partial charge in [-0.3, -0.25) is 0 Å². The first-order valence-corrected chi connectivity index (χ1v) is 10.6. The molecule has 2 aromatic carbocycles. The fourth-order valence-corrected chi connectivity index (χ4v) is 3.63. The van der Waals surface area contributed by atoms with E-state index in [-0.39, 0.29) is 18.7 Å². The molecule has 2 heterocycles. The van der Waals surface area contributed by atoms with Crippen molar-refractivity contribution in [3.63, 3.8) is 0 Å². The largest absolute Gasteiger partial charge is 0.493 e. The van der Waals surface area contributed by atoms with Gasteiger partial charge in [-0.2, -0.15) is 4.80 Å². The summed E-state index contributed by atoms with van der Waals surface area (Å²) >= 11 is 0. The van der Waals surface area contributed by atoms with Gasteiger partial charge in [0, 0.05) is 5.56 Å². The van der Waals surface area contributed by atoms with Gasteiger partial charge in [0.05, 0.1) is 38.1 Å². The number of nitrogens with one attached hydrogen (secondary N) is 2. The topological polar surface area (TPSA) is 129 Å². The van der Waals surface area contributed by atoms with E-state index < -0.39 is 18.0 Å². The first-order chi connectivity index (χ1) is 16.5. The van der Waals surface area contributed by atoms with Crippen molar-refractivity contribution < 1.29 is 23.8 Å². The molecule has 11 nitrogen and oxygen atoms in total. The van der Waals surface area contributed by atoms with Crippen LogP contribution < -0.4 is 20.1 Å². The van der Waals surface area contributed by atoms with Gasteiger partial charge < -0.3 is 24.8 Å². The molecule has 3 aromatic rings. The normalized spacial score (nSPS) is 15.4. The summed E-state index contributed by atoms with van der Waals surface area (Å²) in [5.74, 6) is 0.908. The zero-order valence-electron chi connectivity index (χ0n) is 18.9. The number of carbonyl (C=O) groups excluding carboxylic acids is 2. The van der Waals surface area contributed by atoms with Crippen LogP contribution in [0.25, 0.3) is 11.4 Å². The van der Waals surface area contributed by atoms with E-state index in [1.165, 1.54) is 11.9 Å². The van der Waals surface area contributed by atoms with Gasteiger partial charge in [-0.15, -0.1) is 10.2 Å². The summed E-state index contributed by atoms with van der Waals surface area (Å²) in [4.78, 5) is 26.6. The fraction of sp³-hybridized carbons (Fsp3) is 0.261. The molecule has 0 fully saturated rings. The maximum Gasteiger partial charge on any atom is 0.338 e. The second-order valence-electron chi connectivity index (χ2n) is 7.27. The lowest BCUT2D eigenvalue weighted by Gasteiger charge is -2.29. The van der Waals surface area contributed by atoms with E-state index in [0.717, 1.165) is 5.56 Å². The van der Waals surface area contributed by atoms with Gasteiger partial charge >= 0.3 is 12.0 Å². The minimum Gasteiger partial charge on any atom is -0.493 e. The van der Waals surface area contributed by atoms with Crippen molar-refractivity contribution >= 4 is 12.0 Å². The van der Waals surface area contributed by atoms with Gasteiger partial charge in [0.1, 0.15) is 6.54 Å². The SMILES string of the molecule is CCOC(=O)C1=C(Cn2nnc(-c3ccc(OC)c(OC)c3)n2)NC(=O)N[C@H]1c1ccccc1. The van der Waals surface area contributed by atoms with Gasteiger partial charge in [0.2, 0.25) is 5.82 Å².